The number of nitrogens with zero attached hydrogens (tertiary/aromatic N) is 1. The van der Waals surface area contributed by atoms with Gasteiger partial charge in [0.25, 0.3) is 11.6 Å². The molecule has 27 heavy (non-hydrogen) atoms. The maximum Gasteiger partial charge on any atom is 0.293 e. The summed E-state index contributed by atoms with van der Waals surface area (Å²) in [5.74, 6) is -0.410. The summed E-state index contributed by atoms with van der Waals surface area (Å²) in [6, 6.07) is 9.98. The Bertz CT molecular complexity index is 864. The molecule has 0 bridgehead atoms. The Kier molecular flexibility index (Phi) is 5.96. The minimum Gasteiger partial charge on any atom is -0.377 e. The molecular formula is C20H22ClN3O3. The molecule has 0 atom stereocenters. The van der Waals surface area contributed by atoms with Gasteiger partial charge in [-0.25, -0.2) is 0 Å². The largest absolute Gasteiger partial charge is 0.377 e. The number of rotatable bonds is 5. The Labute approximate surface area is 163 Å². The number of nitrogens with one attached hydrogen (secondary N) is 2. The summed E-state index contributed by atoms with van der Waals surface area (Å²) in [5.41, 5.74) is 2.05. The summed E-state index contributed by atoms with van der Waals surface area (Å²) in [5, 5.41) is 18.1. The number of nitro benzene ring substituents is 1. The molecular weight excluding hydrogens is 366 g/mol. The second-order valence-corrected chi connectivity index (χ2v) is 7.32. The molecule has 142 valence electrons. The Morgan fingerprint density at radius 2 is 1.85 bits per heavy atom. The van der Waals surface area contributed by atoms with Crippen molar-refractivity contribution in [2.75, 3.05) is 10.6 Å². The molecule has 0 aliphatic heterocycles. The second-order valence-electron chi connectivity index (χ2n) is 6.88. The van der Waals surface area contributed by atoms with E-state index in [4.69, 9.17) is 11.6 Å². The van der Waals surface area contributed by atoms with E-state index in [0.29, 0.717) is 16.4 Å². The number of aryl methyl sites for hydroxylation is 1. The van der Waals surface area contributed by atoms with E-state index in [1.54, 1.807) is 30.3 Å². The average molecular weight is 388 g/mol. The van der Waals surface area contributed by atoms with Crippen molar-refractivity contribution in [3.8, 4) is 0 Å². The average Bonchev–Trinajstić information content (AvgIpc) is 2.65. The molecule has 0 spiro atoms. The molecule has 0 radical (unpaired) electrons. The topological polar surface area (TPSA) is 84.3 Å². The summed E-state index contributed by atoms with van der Waals surface area (Å²) >= 11 is 5.98. The van der Waals surface area contributed by atoms with E-state index >= 15 is 0 Å². The molecule has 6 nitrogen and oxygen atoms in total. The van der Waals surface area contributed by atoms with Gasteiger partial charge in [0.2, 0.25) is 0 Å². The van der Waals surface area contributed by atoms with Crippen LogP contribution in [0.25, 0.3) is 0 Å². The van der Waals surface area contributed by atoms with E-state index in [9.17, 15) is 14.9 Å². The molecule has 0 aromatic heterocycles. The summed E-state index contributed by atoms with van der Waals surface area (Å²) in [6.07, 6.45) is 5.49. The molecule has 3 rings (SSSR count). The lowest BCUT2D eigenvalue weighted by Crippen LogP contribution is -2.23. The van der Waals surface area contributed by atoms with Crippen molar-refractivity contribution in [1.82, 2.24) is 0 Å². The third-order valence-corrected chi connectivity index (χ3v) is 5.10. The van der Waals surface area contributed by atoms with E-state index < -0.39 is 10.8 Å². The zero-order valence-electron chi connectivity index (χ0n) is 15.1. The first-order valence-electron chi connectivity index (χ1n) is 9.06. The van der Waals surface area contributed by atoms with Gasteiger partial charge in [-0.2, -0.15) is 0 Å². The van der Waals surface area contributed by atoms with Crippen molar-refractivity contribution >= 4 is 34.6 Å². The van der Waals surface area contributed by atoms with Crippen molar-refractivity contribution in [1.29, 1.82) is 0 Å². The number of hydrogen-bond acceptors (Lipinski definition) is 4. The fourth-order valence-corrected chi connectivity index (χ4v) is 3.51. The SMILES string of the molecule is Cc1ccc(Cl)cc1NC(=O)c1ccc(NC2CCCCC2)c([N+](=O)[O-])c1. The maximum absolute atomic E-state index is 12.6. The highest BCUT2D eigenvalue weighted by Crippen LogP contribution is 2.30. The van der Waals surface area contributed by atoms with Gasteiger partial charge in [0, 0.05) is 28.4 Å². The van der Waals surface area contributed by atoms with Crippen LogP contribution in [0.4, 0.5) is 17.1 Å². The van der Waals surface area contributed by atoms with E-state index in [-0.39, 0.29) is 17.3 Å². The van der Waals surface area contributed by atoms with Crippen LogP contribution in [0.5, 0.6) is 0 Å². The lowest BCUT2D eigenvalue weighted by molar-refractivity contribution is -0.384. The molecule has 7 heteroatoms. The third-order valence-electron chi connectivity index (χ3n) is 4.87. The van der Waals surface area contributed by atoms with Crippen molar-refractivity contribution in [2.45, 2.75) is 45.1 Å². The molecule has 1 aliphatic carbocycles. The van der Waals surface area contributed by atoms with Crippen LogP contribution in [0.3, 0.4) is 0 Å². The van der Waals surface area contributed by atoms with Crippen LogP contribution in [-0.2, 0) is 0 Å². The molecule has 2 aromatic rings. The van der Waals surface area contributed by atoms with Gasteiger partial charge >= 0.3 is 0 Å². The van der Waals surface area contributed by atoms with Gasteiger partial charge in [-0.15, -0.1) is 0 Å². The quantitative estimate of drug-likeness (QED) is 0.520. The summed E-state index contributed by atoms with van der Waals surface area (Å²) in [4.78, 5) is 23.6. The van der Waals surface area contributed by atoms with Crippen molar-refractivity contribution in [3.05, 3.63) is 62.7 Å². The van der Waals surface area contributed by atoms with Gasteiger partial charge in [0.05, 0.1) is 4.92 Å². The fraction of sp³-hybridized carbons (Fsp3) is 0.350. The fourth-order valence-electron chi connectivity index (χ4n) is 3.34. The summed E-state index contributed by atoms with van der Waals surface area (Å²) in [6.45, 7) is 1.85. The lowest BCUT2D eigenvalue weighted by Gasteiger charge is -2.23. The predicted octanol–water partition coefficient (Wildman–Crippen LogP) is 5.55. The van der Waals surface area contributed by atoms with Crippen LogP contribution in [0.1, 0.15) is 48.0 Å². The maximum atomic E-state index is 12.6. The van der Waals surface area contributed by atoms with E-state index in [2.05, 4.69) is 10.6 Å². The number of anilines is 2. The summed E-state index contributed by atoms with van der Waals surface area (Å²) < 4.78 is 0. The van der Waals surface area contributed by atoms with Crippen LogP contribution < -0.4 is 10.6 Å². The number of carbonyl (C=O) groups excluding carboxylic acids is 1. The molecule has 1 aliphatic rings. The zero-order chi connectivity index (χ0) is 19.4. The molecule has 1 saturated carbocycles. The highest BCUT2D eigenvalue weighted by Gasteiger charge is 2.21. The first-order chi connectivity index (χ1) is 12.9. The molecule has 0 unspecified atom stereocenters. The van der Waals surface area contributed by atoms with Crippen molar-refractivity contribution < 1.29 is 9.72 Å². The number of nitro groups is 1. The molecule has 0 heterocycles. The van der Waals surface area contributed by atoms with Crippen LogP contribution in [0, 0.1) is 17.0 Å². The first kappa shape index (κ1) is 19.2. The third kappa shape index (κ3) is 4.77. The van der Waals surface area contributed by atoms with Gasteiger partial charge in [-0.05, 0) is 49.6 Å². The minimum atomic E-state index is -0.452. The van der Waals surface area contributed by atoms with Gasteiger partial charge in [-0.3, -0.25) is 14.9 Å². The smallest absolute Gasteiger partial charge is 0.293 e. The molecule has 2 aromatic carbocycles. The first-order valence-corrected chi connectivity index (χ1v) is 9.44. The monoisotopic (exact) mass is 387 g/mol. The minimum absolute atomic E-state index is 0.0870. The standard InChI is InChI=1S/C20H22ClN3O3/c1-13-7-9-15(21)12-18(13)23-20(25)14-8-10-17(19(11-14)24(26)27)22-16-5-3-2-4-6-16/h7-12,16,22H,2-6H2,1H3,(H,23,25). The molecule has 1 fully saturated rings. The van der Waals surface area contributed by atoms with Crippen molar-refractivity contribution in [3.63, 3.8) is 0 Å². The lowest BCUT2D eigenvalue weighted by atomic mass is 9.95. The van der Waals surface area contributed by atoms with E-state index in [0.717, 1.165) is 31.2 Å². The van der Waals surface area contributed by atoms with E-state index in [1.165, 1.54) is 12.5 Å². The highest BCUT2D eigenvalue weighted by molar-refractivity contribution is 6.31. The number of carbonyl (C=O) groups is 1. The molecule has 0 saturated heterocycles. The number of hydrogen-bond donors (Lipinski definition) is 2. The second kappa shape index (κ2) is 8.39. The van der Waals surface area contributed by atoms with Crippen LogP contribution in [-0.4, -0.2) is 16.9 Å². The van der Waals surface area contributed by atoms with Crippen LogP contribution in [0.15, 0.2) is 36.4 Å². The number of benzene rings is 2. The Morgan fingerprint density at radius 3 is 2.56 bits per heavy atom. The number of amides is 1. The van der Waals surface area contributed by atoms with E-state index in [1.807, 2.05) is 6.92 Å². The van der Waals surface area contributed by atoms with Gasteiger partial charge in [0.15, 0.2) is 0 Å². The Morgan fingerprint density at radius 1 is 1.11 bits per heavy atom. The normalized spacial score (nSPS) is 14.6. The zero-order valence-corrected chi connectivity index (χ0v) is 15.9. The molecule has 2 N–H and O–H groups in total. The number of halogens is 1. The van der Waals surface area contributed by atoms with Crippen LogP contribution in [0.2, 0.25) is 5.02 Å². The molecule has 1 amide bonds. The Balaban J connectivity index is 1.81. The van der Waals surface area contributed by atoms with Gasteiger partial charge in [0.1, 0.15) is 5.69 Å². The van der Waals surface area contributed by atoms with Gasteiger partial charge in [-0.1, -0.05) is 36.9 Å². The Hall–Kier alpha value is -2.60. The van der Waals surface area contributed by atoms with Gasteiger partial charge < -0.3 is 10.6 Å². The van der Waals surface area contributed by atoms with Crippen LogP contribution >= 0.6 is 11.6 Å². The highest BCUT2D eigenvalue weighted by atomic mass is 35.5. The predicted molar refractivity (Wildman–Crippen MR) is 108 cm³/mol. The van der Waals surface area contributed by atoms with Crippen molar-refractivity contribution in [2.24, 2.45) is 0 Å². The summed E-state index contributed by atoms with van der Waals surface area (Å²) in [7, 11) is 0.